The Kier molecular flexibility index (Phi) is 2.48. The third kappa shape index (κ3) is 1.63. The molecule has 0 spiro atoms. The lowest BCUT2D eigenvalue weighted by Crippen LogP contribution is -2.48. The van der Waals surface area contributed by atoms with Gasteiger partial charge >= 0.3 is 10.2 Å². The highest BCUT2D eigenvalue weighted by Gasteiger charge is 2.25. The van der Waals surface area contributed by atoms with Gasteiger partial charge in [0.15, 0.2) is 0 Å². The van der Waals surface area contributed by atoms with Gasteiger partial charge in [0.25, 0.3) is 0 Å². The SMILES string of the molecule is O=S(=O)(N1CCNCC1)n1cncn1. The molecule has 1 aromatic rings. The Balaban J connectivity index is 2.23. The largest absolute Gasteiger partial charge is 0.324 e. The van der Waals surface area contributed by atoms with E-state index in [0.717, 1.165) is 4.09 Å². The van der Waals surface area contributed by atoms with Crippen molar-refractivity contribution in [1.29, 1.82) is 0 Å². The molecule has 0 unspecified atom stereocenters. The fourth-order valence-electron chi connectivity index (χ4n) is 1.31. The molecule has 7 nitrogen and oxygen atoms in total. The van der Waals surface area contributed by atoms with Gasteiger partial charge in [-0.2, -0.15) is 12.7 Å². The molecule has 1 N–H and O–H groups in total. The van der Waals surface area contributed by atoms with E-state index >= 15 is 0 Å². The van der Waals surface area contributed by atoms with E-state index in [0.29, 0.717) is 26.2 Å². The molecule has 78 valence electrons. The summed E-state index contributed by atoms with van der Waals surface area (Å²) < 4.78 is 25.9. The highest BCUT2D eigenvalue weighted by atomic mass is 32.2. The van der Waals surface area contributed by atoms with Crippen molar-refractivity contribution in [3.63, 3.8) is 0 Å². The summed E-state index contributed by atoms with van der Waals surface area (Å²) in [5, 5.41) is 6.70. The third-order valence-corrected chi connectivity index (χ3v) is 3.72. The lowest BCUT2D eigenvalue weighted by molar-refractivity contribution is 0.354. The van der Waals surface area contributed by atoms with Crippen molar-refractivity contribution in [2.24, 2.45) is 0 Å². The molecule has 1 saturated heterocycles. The van der Waals surface area contributed by atoms with Crippen LogP contribution >= 0.6 is 0 Å². The van der Waals surface area contributed by atoms with Crippen molar-refractivity contribution in [1.82, 2.24) is 23.8 Å². The predicted molar refractivity (Wildman–Crippen MR) is 48.8 cm³/mol. The van der Waals surface area contributed by atoms with Gasteiger partial charge in [-0.1, -0.05) is 0 Å². The quantitative estimate of drug-likeness (QED) is 0.637. The molecule has 2 rings (SSSR count). The van der Waals surface area contributed by atoms with Crippen molar-refractivity contribution in [3.8, 4) is 0 Å². The van der Waals surface area contributed by atoms with Crippen LogP contribution in [0, 0.1) is 0 Å². The highest BCUT2D eigenvalue weighted by molar-refractivity contribution is 7.87. The van der Waals surface area contributed by atoms with Crippen LogP contribution in [0.2, 0.25) is 0 Å². The Labute approximate surface area is 81.9 Å². The predicted octanol–water partition coefficient (Wildman–Crippen LogP) is -1.72. The van der Waals surface area contributed by atoms with E-state index in [1.54, 1.807) is 0 Å². The minimum absolute atomic E-state index is 0.474. The maximum absolute atomic E-state index is 11.8. The normalized spacial score (nSPS) is 19.7. The van der Waals surface area contributed by atoms with E-state index in [4.69, 9.17) is 0 Å². The molecule has 0 atom stereocenters. The summed E-state index contributed by atoms with van der Waals surface area (Å²) in [5.41, 5.74) is 0. The third-order valence-electron chi connectivity index (χ3n) is 2.04. The lowest BCUT2D eigenvalue weighted by Gasteiger charge is -2.25. The second-order valence-corrected chi connectivity index (χ2v) is 4.71. The monoisotopic (exact) mass is 217 g/mol. The maximum atomic E-state index is 11.8. The zero-order chi connectivity index (χ0) is 10.0. The Morgan fingerprint density at radius 1 is 1.29 bits per heavy atom. The van der Waals surface area contributed by atoms with Crippen LogP contribution in [0.5, 0.6) is 0 Å². The fraction of sp³-hybridized carbons (Fsp3) is 0.667. The molecule has 0 radical (unpaired) electrons. The van der Waals surface area contributed by atoms with Gasteiger partial charge in [-0.25, -0.2) is 4.98 Å². The molecule has 1 aromatic heterocycles. The van der Waals surface area contributed by atoms with E-state index in [2.05, 4.69) is 15.4 Å². The number of hydrogen-bond donors (Lipinski definition) is 1. The van der Waals surface area contributed by atoms with Crippen molar-refractivity contribution in [3.05, 3.63) is 12.7 Å². The average Bonchev–Trinajstić information content (AvgIpc) is 2.72. The van der Waals surface area contributed by atoms with Crippen LogP contribution < -0.4 is 5.32 Å². The first-order chi connectivity index (χ1) is 6.71. The zero-order valence-corrected chi connectivity index (χ0v) is 8.31. The minimum Gasteiger partial charge on any atom is -0.314 e. The molecular formula is C6H11N5O2S. The van der Waals surface area contributed by atoms with E-state index in [-0.39, 0.29) is 0 Å². The summed E-state index contributed by atoms with van der Waals surface area (Å²) >= 11 is 0. The molecule has 1 fully saturated rings. The summed E-state index contributed by atoms with van der Waals surface area (Å²) in [6.07, 6.45) is 2.40. The van der Waals surface area contributed by atoms with Crippen molar-refractivity contribution in [2.75, 3.05) is 26.2 Å². The molecule has 2 heterocycles. The van der Waals surface area contributed by atoms with Crippen LogP contribution in [0.4, 0.5) is 0 Å². The summed E-state index contributed by atoms with van der Waals surface area (Å²) in [7, 11) is -3.48. The van der Waals surface area contributed by atoms with E-state index < -0.39 is 10.2 Å². The molecule has 1 aliphatic heterocycles. The highest BCUT2D eigenvalue weighted by Crippen LogP contribution is 2.03. The fourth-order valence-corrected chi connectivity index (χ4v) is 2.53. The molecule has 0 bridgehead atoms. The first-order valence-electron chi connectivity index (χ1n) is 4.27. The Morgan fingerprint density at radius 2 is 2.00 bits per heavy atom. The van der Waals surface area contributed by atoms with Gasteiger partial charge in [0.05, 0.1) is 0 Å². The van der Waals surface area contributed by atoms with Crippen LogP contribution in [0.3, 0.4) is 0 Å². The van der Waals surface area contributed by atoms with E-state index in [1.165, 1.54) is 17.0 Å². The maximum Gasteiger partial charge on any atom is 0.324 e. The minimum atomic E-state index is -3.48. The second kappa shape index (κ2) is 3.64. The molecule has 14 heavy (non-hydrogen) atoms. The number of piperazine rings is 1. The van der Waals surface area contributed by atoms with Gasteiger partial charge < -0.3 is 5.32 Å². The molecule has 0 saturated carbocycles. The number of aromatic nitrogens is 3. The Bertz CT molecular complexity index is 380. The van der Waals surface area contributed by atoms with Crippen LogP contribution in [0.15, 0.2) is 12.7 Å². The topological polar surface area (TPSA) is 80.1 Å². The van der Waals surface area contributed by atoms with Gasteiger partial charge in [-0.3, -0.25) is 0 Å². The second-order valence-electron chi connectivity index (χ2n) is 2.92. The number of hydrogen-bond acceptors (Lipinski definition) is 5. The average molecular weight is 217 g/mol. The molecule has 8 heteroatoms. The van der Waals surface area contributed by atoms with Crippen LogP contribution in [0.1, 0.15) is 0 Å². The van der Waals surface area contributed by atoms with Gasteiger partial charge in [0.1, 0.15) is 12.7 Å². The van der Waals surface area contributed by atoms with E-state index in [9.17, 15) is 8.42 Å². The van der Waals surface area contributed by atoms with E-state index in [1.807, 2.05) is 0 Å². The van der Waals surface area contributed by atoms with Gasteiger partial charge in [0.2, 0.25) is 0 Å². The van der Waals surface area contributed by atoms with Crippen LogP contribution in [-0.2, 0) is 10.2 Å². The first kappa shape index (κ1) is 9.56. The first-order valence-corrected chi connectivity index (χ1v) is 5.67. The lowest BCUT2D eigenvalue weighted by atomic mass is 10.4. The van der Waals surface area contributed by atoms with Crippen LogP contribution in [0.25, 0.3) is 0 Å². The number of nitrogens with zero attached hydrogens (tertiary/aromatic N) is 4. The number of nitrogens with one attached hydrogen (secondary N) is 1. The zero-order valence-electron chi connectivity index (χ0n) is 7.50. The van der Waals surface area contributed by atoms with Crippen molar-refractivity contribution >= 4 is 10.2 Å². The molecule has 0 amide bonds. The summed E-state index contributed by atoms with van der Waals surface area (Å²) in [6, 6.07) is 0. The van der Waals surface area contributed by atoms with Gasteiger partial charge in [0, 0.05) is 26.2 Å². The van der Waals surface area contributed by atoms with Crippen molar-refractivity contribution in [2.45, 2.75) is 0 Å². The van der Waals surface area contributed by atoms with Crippen molar-refractivity contribution < 1.29 is 8.42 Å². The van der Waals surface area contributed by atoms with Gasteiger partial charge in [-0.15, -0.1) is 9.19 Å². The Hall–Kier alpha value is -0.990. The van der Waals surface area contributed by atoms with Gasteiger partial charge in [-0.05, 0) is 0 Å². The molecule has 0 aliphatic carbocycles. The molecular weight excluding hydrogens is 206 g/mol. The summed E-state index contributed by atoms with van der Waals surface area (Å²) in [5.74, 6) is 0. The summed E-state index contributed by atoms with van der Waals surface area (Å²) in [6.45, 7) is 2.30. The van der Waals surface area contributed by atoms with Crippen LogP contribution in [-0.4, -0.2) is 53.1 Å². The summed E-state index contributed by atoms with van der Waals surface area (Å²) in [4.78, 5) is 3.61. The number of rotatable bonds is 2. The molecule has 1 aliphatic rings. The standard InChI is InChI=1S/C6H11N5O2S/c12-14(13,11-6-8-5-9-11)10-3-1-7-2-4-10/h5-7H,1-4H2. The molecule has 0 aromatic carbocycles. The smallest absolute Gasteiger partial charge is 0.314 e. The Morgan fingerprint density at radius 3 is 2.57 bits per heavy atom.